The van der Waals surface area contributed by atoms with Crippen LogP contribution in [0.5, 0.6) is 0 Å². The van der Waals surface area contributed by atoms with Crippen LogP contribution < -0.4 is 0 Å². The van der Waals surface area contributed by atoms with Crippen LogP contribution in [0.4, 0.5) is 0 Å². The van der Waals surface area contributed by atoms with Gasteiger partial charge in [0, 0.05) is 12.7 Å². The predicted octanol–water partition coefficient (Wildman–Crippen LogP) is 3.36. The lowest BCUT2D eigenvalue weighted by atomic mass is 10.0. The highest BCUT2D eigenvalue weighted by molar-refractivity contribution is 9.10. The quantitative estimate of drug-likeness (QED) is 0.787. The van der Waals surface area contributed by atoms with Gasteiger partial charge in [0.1, 0.15) is 5.69 Å². The average Bonchev–Trinajstić information content (AvgIpc) is 2.74. The molecule has 106 valence electrons. The molecule has 2 rings (SSSR count). The van der Waals surface area contributed by atoms with Crippen LogP contribution in [0, 0.1) is 6.92 Å². The lowest BCUT2D eigenvalue weighted by Gasteiger charge is -2.07. The van der Waals surface area contributed by atoms with E-state index in [0.29, 0.717) is 12.1 Å². The maximum absolute atomic E-state index is 12.5. The highest BCUT2D eigenvalue weighted by Gasteiger charge is 2.18. The third-order valence-corrected chi connectivity index (χ3v) is 4.35. The summed E-state index contributed by atoms with van der Waals surface area (Å²) in [6, 6.07) is 3.82. The number of carbonyl (C=O) groups is 1. The molecule has 0 aliphatic rings. The van der Waals surface area contributed by atoms with Crippen molar-refractivity contribution < 1.29 is 4.79 Å². The molecule has 2 aromatic heterocycles. The number of aromatic nitrogens is 3. The molecular weight excluding hydrogens is 318 g/mol. The van der Waals surface area contributed by atoms with E-state index in [9.17, 15) is 4.79 Å². The van der Waals surface area contributed by atoms with Gasteiger partial charge in [0.15, 0.2) is 5.78 Å². The number of Topliss-reactive ketones (excluding diaryl/α,β-unsaturated/α-hetero) is 1. The summed E-state index contributed by atoms with van der Waals surface area (Å²) in [5.41, 5.74) is 3.39. The molecule has 0 saturated heterocycles. The summed E-state index contributed by atoms with van der Waals surface area (Å²) in [6.07, 6.45) is 2.80. The molecule has 0 atom stereocenters. The van der Waals surface area contributed by atoms with Crippen LogP contribution in [-0.2, 0) is 19.4 Å². The van der Waals surface area contributed by atoms with Crippen LogP contribution in [0.15, 0.2) is 22.8 Å². The molecule has 2 aromatic rings. The van der Waals surface area contributed by atoms with Crippen LogP contribution >= 0.6 is 15.9 Å². The van der Waals surface area contributed by atoms with Crippen molar-refractivity contribution in [3.05, 3.63) is 45.4 Å². The Bertz CT molecular complexity index is 634. The van der Waals surface area contributed by atoms with E-state index in [-0.39, 0.29) is 5.78 Å². The molecule has 0 aromatic carbocycles. The van der Waals surface area contributed by atoms with Crippen LogP contribution in [0.1, 0.15) is 41.3 Å². The standard InChI is InChI=1S/C15H18BrN3O/c1-4-11-7-6-8-17-15(11)13(20)9-12-14(16)10(3)18-19(12)5-2/h6-8H,4-5,9H2,1-3H3. The molecule has 0 bridgehead atoms. The van der Waals surface area contributed by atoms with Crippen molar-refractivity contribution in [3.63, 3.8) is 0 Å². The van der Waals surface area contributed by atoms with Gasteiger partial charge >= 0.3 is 0 Å². The Balaban J connectivity index is 2.33. The fourth-order valence-electron chi connectivity index (χ4n) is 2.25. The molecule has 0 radical (unpaired) electrons. The summed E-state index contributed by atoms with van der Waals surface area (Å²) in [5, 5.41) is 4.42. The second kappa shape index (κ2) is 6.31. The maximum atomic E-state index is 12.5. The van der Waals surface area contributed by atoms with Crippen molar-refractivity contribution in [2.45, 2.75) is 40.2 Å². The van der Waals surface area contributed by atoms with Crippen molar-refractivity contribution in [1.29, 1.82) is 0 Å². The maximum Gasteiger partial charge on any atom is 0.187 e. The first-order valence-corrected chi connectivity index (χ1v) is 7.56. The highest BCUT2D eigenvalue weighted by Crippen LogP contribution is 2.23. The molecule has 0 unspecified atom stereocenters. The Kier molecular flexibility index (Phi) is 4.70. The topological polar surface area (TPSA) is 47.8 Å². The Morgan fingerprint density at radius 1 is 1.40 bits per heavy atom. The van der Waals surface area contributed by atoms with Gasteiger partial charge in [0.05, 0.1) is 22.3 Å². The summed E-state index contributed by atoms with van der Waals surface area (Å²) in [5.74, 6) is 0.0396. The molecule has 5 heteroatoms. The van der Waals surface area contributed by atoms with E-state index in [0.717, 1.165) is 34.4 Å². The molecule has 20 heavy (non-hydrogen) atoms. The van der Waals surface area contributed by atoms with E-state index in [2.05, 4.69) is 26.0 Å². The first-order chi connectivity index (χ1) is 9.58. The number of hydrogen-bond acceptors (Lipinski definition) is 3. The minimum absolute atomic E-state index is 0.0396. The highest BCUT2D eigenvalue weighted by atomic mass is 79.9. The summed E-state index contributed by atoms with van der Waals surface area (Å²) in [7, 11) is 0. The zero-order chi connectivity index (χ0) is 14.7. The van der Waals surface area contributed by atoms with Gasteiger partial charge in [-0.2, -0.15) is 5.10 Å². The number of ketones is 1. The van der Waals surface area contributed by atoms with Gasteiger partial charge in [-0.25, -0.2) is 0 Å². The van der Waals surface area contributed by atoms with E-state index in [4.69, 9.17) is 0 Å². The monoisotopic (exact) mass is 335 g/mol. The number of aryl methyl sites for hydroxylation is 3. The molecular formula is C15H18BrN3O. The summed E-state index contributed by atoms with van der Waals surface area (Å²) < 4.78 is 2.79. The third kappa shape index (κ3) is 2.82. The molecule has 0 spiro atoms. The molecule has 0 amide bonds. The van der Waals surface area contributed by atoms with Crippen molar-refractivity contribution in [2.75, 3.05) is 0 Å². The number of hydrogen-bond donors (Lipinski definition) is 0. The van der Waals surface area contributed by atoms with Gasteiger partial charge < -0.3 is 0 Å². The molecule has 0 aliphatic carbocycles. The predicted molar refractivity (Wildman–Crippen MR) is 82.0 cm³/mol. The van der Waals surface area contributed by atoms with Crippen molar-refractivity contribution in [2.24, 2.45) is 0 Å². The Morgan fingerprint density at radius 3 is 2.80 bits per heavy atom. The van der Waals surface area contributed by atoms with E-state index in [1.54, 1.807) is 6.20 Å². The Morgan fingerprint density at radius 2 is 2.15 bits per heavy atom. The third-order valence-electron chi connectivity index (χ3n) is 3.32. The van der Waals surface area contributed by atoms with Crippen LogP contribution in [0.25, 0.3) is 0 Å². The first-order valence-electron chi connectivity index (χ1n) is 6.77. The van der Waals surface area contributed by atoms with E-state index < -0.39 is 0 Å². The van der Waals surface area contributed by atoms with Gasteiger partial charge in [-0.15, -0.1) is 0 Å². The van der Waals surface area contributed by atoms with E-state index >= 15 is 0 Å². The first kappa shape index (κ1) is 14.9. The molecule has 0 fully saturated rings. The van der Waals surface area contributed by atoms with Gasteiger partial charge in [0.2, 0.25) is 0 Å². The minimum atomic E-state index is 0.0396. The molecule has 0 saturated carbocycles. The van der Waals surface area contributed by atoms with Crippen molar-refractivity contribution in [3.8, 4) is 0 Å². The second-order valence-corrected chi connectivity index (χ2v) is 5.42. The summed E-state index contributed by atoms with van der Waals surface area (Å²) >= 11 is 3.52. The van der Waals surface area contributed by atoms with Crippen LogP contribution in [-0.4, -0.2) is 20.5 Å². The Hall–Kier alpha value is -1.49. The fourth-order valence-corrected chi connectivity index (χ4v) is 2.67. The second-order valence-electron chi connectivity index (χ2n) is 4.63. The van der Waals surface area contributed by atoms with Gasteiger partial charge in [-0.05, 0) is 47.8 Å². The lowest BCUT2D eigenvalue weighted by molar-refractivity contribution is 0.0984. The minimum Gasteiger partial charge on any atom is -0.292 e. The molecule has 0 aliphatic heterocycles. The number of rotatable bonds is 5. The smallest absolute Gasteiger partial charge is 0.187 e. The zero-order valence-electron chi connectivity index (χ0n) is 12.0. The SMILES string of the molecule is CCc1cccnc1C(=O)Cc1c(Br)c(C)nn1CC. The normalized spacial score (nSPS) is 10.8. The Labute approximate surface area is 127 Å². The number of nitrogens with zero attached hydrogens (tertiary/aromatic N) is 3. The zero-order valence-corrected chi connectivity index (χ0v) is 13.6. The van der Waals surface area contributed by atoms with Crippen LogP contribution in [0.3, 0.4) is 0 Å². The number of pyridine rings is 1. The van der Waals surface area contributed by atoms with Gasteiger partial charge in [-0.3, -0.25) is 14.5 Å². The van der Waals surface area contributed by atoms with E-state index in [1.165, 1.54) is 0 Å². The van der Waals surface area contributed by atoms with Gasteiger partial charge in [0.25, 0.3) is 0 Å². The van der Waals surface area contributed by atoms with Gasteiger partial charge in [-0.1, -0.05) is 13.0 Å². The van der Waals surface area contributed by atoms with Crippen LogP contribution in [0.2, 0.25) is 0 Å². The molecule has 0 N–H and O–H groups in total. The van der Waals surface area contributed by atoms with Crippen molar-refractivity contribution >= 4 is 21.7 Å². The average molecular weight is 336 g/mol. The fraction of sp³-hybridized carbons (Fsp3) is 0.400. The summed E-state index contributed by atoms with van der Waals surface area (Å²) in [6.45, 7) is 6.73. The summed E-state index contributed by atoms with van der Waals surface area (Å²) in [4.78, 5) is 16.7. The largest absolute Gasteiger partial charge is 0.292 e. The van der Waals surface area contributed by atoms with E-state index in [1.807, 2.05) is 37.6 Å². The van der Waals surface area contributed by atoms with Crippen molar-refractivity contribution in [1.82, 2.24) is 14.8 Å². The molecule has 2 heterocycles. The molecule has 4 nitrogen and oxygen atoms in total. The lowest BCUT2D eigenvalue weighted by Crippen LogP contribution is -2.13. The number of carbonyl (C=O) groups excluding carboxylic acids is 1. The number of halogens is 1.